The molecule has 2 atom stereocenters. The molecule has 312 valence electrons. The topological polar surface area (TPSA) is 137 Å². The molecule has 5 aromatic rings. The predicted octanol–water partition coefficient (Wildman–Crippen LogP) is 7.58. The second-order valence-corrected chi connectivity index (χ2v) is 18.6. The van der Waals surface area contributed by atoms with E-state index in [1.54, 1.807) is 23.9 Å². The smallest absolute Gasteiger partial charge is 0.293 e. The molecule has 2 fully saturated rings. The number of halogens is 1. The SMILES string of the molecule is O=C(NS(=O)(=O)c1ccc(N[C@H](CCN2CCOCC2)CSc2ccccc2)c([N+](=O)[O-])c1)c1ccc2c(c1)CC1CN(Cc3ccccc3-c3ccc(Cl)cc3)CCN21. The number of nitro benzene ring substituents is 1. The zero-order valence-electron chi connectivity index (χ0n) is 33.0. The number of nitrogens with zero attached hydrogens (tertiary/aromatic N) is 4. The number of morpholine rings is 1. The van der Waals surface area contributed by atoms with Crippen molar-refractivity contribution < 1.29 is 22.9 Å². The van der Waals surface area contributed by atoms with Crippen LogP contribution in [0.5, 0.6) is 0 Å². The van der Waals surface area contributed by atoms with Gasteiger partial charge in [0.05, 0.1) is 23.0 Å². The van der Waals surface area contributed by atoms with Gasteiger partial charge < -0.3 is 15.0 Å². The number of hydrogen-bond donors (Lipinski definition) is 2. The van der Waals surface area contributed by atoms with Crippen LogP contribution in [0.25, 0.3) is 11.1 Å². The van der Waals surface area contributed by atoms with Gasteiger partial charge in [0.25, 0.3) is 21.6 Å². The highest BCUT2D eigenvalue weighted by atomic mass is 35.5. The van der Waals surface area contributed by atoms with Crippen LogP contribution in [0.3, 0.4) is 0 Å². The summed E-state index contributed by atoms with van der Waals surface area (Å²) in [4.78, 5) is 33.1. The Hall–Kier alpha value is -4.96. The molecule has 2 N–H and O–H groups in total. The molecule has 0 spiro atoms. The molecule has 0 bridgehead atoms. The Morgan fingerprint density at radius 1 is 0.900 bits per heavy atom. The van der Waals surface area contributed by atoms with Gasteiger partial charge in [-0.15, -0.1) is 11.8 Å². The van der Waals surface area contributed by atoms with Crippen LogP contribution < -0.4 is 14.9 Å². The van der Waals surface area contributed by atoms with Crippen LogP contribution in [-0.2, 0) is 27.7 Å². The van der Waals surface area contributed by atoms with Crippen molar-refractivity contribution in [3.05, 3.63) is 147 Å². The van der Waals surface area contributed by atoms with Crippen LogP contribution >= 0.6 is 23.4 Å². The first-order chi connectivity index (χ1) is 29.1. The monoisotopic (exact) mass is 866 g/mol. The Bertz CT molecular complexity index is 2440. The third kappa shape index (κ3) is 9.97. The number of ether oxygens (including phenoxy) is 1. The maximum Gasteiger partial charge on any atom is 0.293 e. The van der Waals surface area contributed by atoms with Crippen LogP contribution in [0.2, 0.25) is 5.02 Å². The number of nitro groups is 1. The predicted molar refractivity (Wildman–Crippen MR) is 238 cm³/mol. The molecule has 2 saturated heterocycles. The maximum absolute atomic E-state index is 13.6. The number of benzene rings is 5. The summed E-state index contributed by atoms with van der Waals surface area (Å²) in [5.74, 6) is -0.159. The van der Waals surface area contributed by atoms with Crippen molar-refractivity contribution in [3.8, 4) is 11.1 Å². The minimum atomic E-state index is -4.46. The van der Waals surface area contributed by atoms with E-state index in [9.17, 15) is 23.3 Å². The minimum Gasteiger partial charge on any atom is -0.379 e. The fourth-order valence-electron chi connectivity index (χ4n) is 8.27. The normalized spacial score (nSPS) is 17.4. The average Bonchev–Trinajstić information content (AvgIpc) is 3.63. The fourth-order valence-corrected chi connectivity index (χ4v) is 10.4. The van der Waals surface area contributed by atoms with E-state index in [-0.39, 0.29) is 33.9 Å². The zero-order valence-corrected chi connectivity index (χ0v) is 35.4. The first kappa shape index (κ1) is 41.8. The van der Waals surface area contributed by atoms with Gasteiger partial charge in [-0.1, -0.05) is 66.2 Å². The van der Waals surface area contributed by atoms with E-state index >= 15 is 0 Å². The number of hydrogen-bond acceptors (Lipinski definition) is 11. The number of thioether (sulfide) groups is 1. The summed E-state index contributed by atoms with van der Waals surface area (Å²) in [6.45, 7) is 7.09. The first-order valence-corrected chi connectivity index (χ1v) is 23.0. The third-order valence-corrected chi connectivity index (χ3v) is 14.1. The van der Waals surface area contributed by atoms with Crippen LogP contribution in [0.4, 0.5) is 17.1 Å². The molecule has 0 aliphatic carbocycles. The molecular weight excluding hydrogens is 820 g/mol. The lowest BCUT2D eigenvalue weighted by atomic mass is 9.99. The number of fused-ring (bicyclic) bond motifs is 3. The number of amides is 1. The van der Waals surface area contributed by atoms with Crippen LogP contribution in [-0.4, -0.2) is 99.4 Å². The number of anilines is 2. The Morgan fingerprint density at radius 3 is 2.45 bits per heavy atom. The molecule has 60 heavy (non-hydrogen) atoms. The van der Waals surface area contributed by atoms with Gasteiger partial charge in [0, 0.05) is 90.9 Å². The fraction of sp³-hybridized carbons (Fsp3) is 0.311. The minimum absolute atomic E-state index is 0.154. The Labute approximate surface area is 360 Å². The number of piperazine rings is 1. The van der Waals surface area contributed by atoms with E-state index < -0.39 is 20.9 Å². The average molecular weight is 867 g/mol. The summed E-state index contributed by atoms with van der Waals surface area (Å²) in [7, 11) is -4.46. The summed E-state index contributed by atoms with van der Waals surface area (Å²) < 4.78 is 34.9. The van der Waals surface area contributed by atoms with Crippen LogP contribution in [0.15, 0.2) is 125 Å². The zero-order chi connectivity index (χ0) is 41.6. The molecule has 3 heterocycles. The second kappa shape index (κ2) is 18.8. The summed E-state index contributed by atoms with van der Waals surface area (Å²) in [6.07, 6.45) is 1.43. The molecule has 15 heteroatoms. The molecule has 3 aliphatic heterocycles. The van der Waals surface area contributed by atoms with Crippen molar-refractivity contribution in [2.45, 2.75) is 41.3 Å². The van der Waals surface area contributed by atoms with Crippen molar-refractivity contribution in [2.75, 3.05) is 68.5 Å². The first-order valence-electron chi connectivity index (χ1n) is 20.2. The van der Waals surface area contributed by atoms with E-state index in [0.29, 0.717) is 30.4 Å². The molecule has 12 nitrogen and oxygen atoms in total. The molecule has 3 aliphatic rings. The third-order valence-electron chi connectivity index (χ3n) is 11.4. The van der Waals surface area contributed by atoms with E-state index in [1.807, 2.05) is 66.7 Å². The van der Waals surface area contributed by atoms with Crippen LogP contribution in [0.1, 0.15) is 27.9 Å². The molecule has 0 saturated carbocycles. The Balaban J connectivity index is 0.919. The summed E-state index contributed by atoms with van der Waals surface area (Å²) in [5.41, 5.74) is 5.60. The van der Waals surface area contributed by atoms with Crippen molar-refractivity contribution >= 4 is 56.4 Å². The Kier molecular flexibility index (Phi) is 13.1. The number of rotatable bonds is 15. The van der Waals surface area contributed by atoms with Crippen molar-refractivity contribution in [3.63, 3.8) is 0 Å². The molecule has 0 aromatic heterocycles. The van der Waals surface area contributed by atoms with Gasteiger partial charge in [0.15, 0.2) is 0 Å². The lowest BCUT2D eigenvalue weighted by molar-refractivity contribution is -0.384. The number of carbonyl (C=O) groups excluding carboxylic acids is 1. The standard InChI is InChI=1S/C45H47ClN6O6S2/c46-36-13-10-32(11-14-36)41-9-5-4-6-34(41)29-50-20-21-51-38(30-50)27-35-26-33(12-17-43(35)51)45(53)48-60(56,57)40-15-16-42(44(28-40)52(54)55)47-37(18-19-49-22-24-58-25-23-49)31-59-39-7-2-1-3-8-39/h1-17,26,28,37-38,47H,18-25,27,29-31H2,(H,48,53)/t37-,38?/m1/s1. The van der Waals surface area contributed by atoms with Gasteiger partial charge in [-0.3, -0.25) is 24.7 Å². The van der Waals surface area contributed by atoms with Gasteiger partial charge in [0.2, 0.25) is 0 Å². The Morgan fingerprint density at radius 2 is 1.67 bits per heavy atom. The van der Waals surface area contributed by atoms with Gasteiger partial charge in [-0.2, -0.15) is 0 Å². The highest BCUT2D eigenvalue weighted by Gasteiger charge is 2.35. The number of carbonyl (C=O) groups is 1. The highest BCUT2D eigenvalue weighted by molar-refractivity contribution is 7.99. The van der Waals surface area contributed by atoms with Gasteiger partial charge in [-0.25, -0.2) is 13.1 Å². The van der Waals surface area contributed by atoms with Crippen molar-refractivity contribution in [2.24, 2.45) is 0 Å². The molecule has 8 rings (SSSR count). The van der Waals surface area contributed by atoms with Crippen LogP contribution in [0, 0.1) is 10.1 Å². The van der Waals surface area contributed by atoms with Crippen molar-refractivity contribution in [1.82, 2.24) is 14.5 Å². The molecule has 1 unspecified atom stereocenters. The molecule has 5 aromatic carbocycles. The van der Waals surface area contributed by atoms with Crippen molar-refractivity contribution in [1.29, 1.82) is 0 Å². The molecule has 1 amide bonds. The summed E-state index contributed by atoms with van der Waals surface area (Å²) in [5, 5.41) is 16.4. The van der Waals surface area contributed by atoms with E-state index in [1.165, 1.54) is 23.3 Å². The van der Waals surface area contributed by atoms with E-state index in [0.717, 1.165) is 80.0 Å². The van der Waals surface area contributed by atoms with E-state index in [2.05, 4.69) is 42.9 Å². The lowest BCUT2D eigenvalue weighted by Gasteiger charge is -2.39. The van der Waals surface area contributed by atoms with Gasteiger partial charge >= 0.3 is 0 Å². The summed E-state index contributed by atoms with van der Waals surface area (Å²) >= 11 is 7.80. The highest BCUT2D eigenvalue weighted by Crippen LogP contribution is 2.36. The lowest BCUT2D eigenvalue weighted by Crippen LogP contribution is -2.51. The summed E-state index contributed by atoms with van der Waals surface area (Å²) in [6, 6.07) is 35.3. The van der Waals surface area contributed by atoms with Gasteiger partial charge in [0.1, 0.15) is 5.69 Å². The molecular formula is C45H47ClN6O6S2. The quantitative estimate of drug-likeness (QED) is 0.0613. The number of nitrogens with one attached hydrogen (secondary N) is 2. The van der Waals surface area contributed by atoms with Gasteiger partial charge in [-0.05, 0) is 89.7 Å². The largest absolute Gasteiger partial charge is 0.379 e. The number of sulfonamides is 1. The second-order valence-electron chi connectivity index (χ2n) is 15.4. The maximum atomic E-state index is 13.6. The van der Waals surface area contributed by atoms with E-state index in [4.69, 9.17) is 16.3 Å². The molecule has 0 radical (unpaired) electrons.